The summed E-state index contributed by atoms with van der Waals surface area (Å²) in [6.07, 6.45) is 9.64. The highest BCUT2D eigenvalue weighted by Crippen LogP contribution is 2.18. The van der Waals surface area contributed by atoms with E-state index in [0.29, 0.717) is 5.56 Å². The monoisotopic (exact) mass is 294 g/mol. The third-order valence-corrected chi connectivity index (χ3v) is 3.90. The van der Waals surface area contributed by atoms with E-state index in [1.165, 1.54) is 19.3 Å². The number of carbonyl (C=O) groups excluding carboxylic acids is 1. The zero-order chi connectivity index (χ0) is 15.9. The van der Waals surface area contributed by atoms with Crippen LogP contribution in [0.4, 0.5) is 0 Å². The van der Waals surface area contributed by atoms with Crippen molar-refractivity contribution in [1.82, 2.24) is 4.57 Å². The molecule has 0 aliphatic rings. The molecule has 0 spiro atoms. The van der Waals surface area contributed by atoms with Gasteiger partial charge in [0.05, 0.1) is 5.56 Å². The third kappa shape index (κ3) is 3.85. The minimum atomic E-state index is 0.0633. The Morgan fingerprint density at radius 3 is 2.45 bits per heavy atom. The van der Waals surface area contributed by atoms with E-state index in [4.69, 9.17) is 0 Å². The molecule has 2 aromatic rings. The van der Waals surface area contributed by atoms with E-state index in [9.17, 15) is 10.1 Å². The minimum Gasteiger partial charge on any atom is -0.322 e. The summed E-state index contributed by atoms with van der Waals surface area (Å²) in [4.78, 5) is 11.3. The molecule has 0 aliphatic heterocycles. The van der Waals surface area contributed by atoms with Crippen LogP contribution < -0.4 is 0 Å². The second kappa shape index (κ2) is 7.61. The topological polar surface area (TPSA) is 45.8 Å². The van der Waals surface area contributed by atoms with E-state index in [-0.39, 0.29) is 5.78 Å². The summed E-state index contributed by atoms with van der Waals surface area (Å²) in [5.41, 5.74) is 3.53. The molecule has 0 N–H and O–H groups in total. The zero-order valence-corrected chi connectivity index (χ0v) is 13.3. The van der Waals surface area contributed by atoms with Crippen LogP contribution in [0.3, 0.4) is 0 Å². The van der Waals surface area contributed by atoms with Gasteiger partial charge in [-0.1, -0.05) is 26.2 Å². The van der Waals surface area contributed by atoms with Crippen LogP contribution in [0.5, 0.6) is 0 Å². The highest BCUT2D eigenvalue weighted by atomic mass is 16.1. The fourth-order valence-corrected chi connectivity index (χ4v) is 2.56. The van der Waals surface area contributed by atoms with Gasteiger partial charge in [-0.25, -0.2) is 0 Å². The van der Waals surface area contributed by atoms with Crippen LogP contribution >= 0.6 is 0 Å². The number of aromatic nitrogens is 1. The molecular formula is C19H22N2O. The van der Waals surface area contributed by atoms with Crippen LogP contribution in [-0.2, 0) is 6.42 Å². The molecule has 1 heterocycles. The number of aryl methyl sites for hydroxylation is 1. The van der Waals surface area contributed by atoms with E-state index < -0.39 is 0 Å². The molecule has 0 aliphatic carbocycles. The van der Waals surface area contributed by atoms with Gasteiger partial charge in [-0.2, -0.15) is 5.26 Å². The SMILES string of the molecule is CCCCCCc1cn(-c2ccc(C(C)=O)cc2)cc1C#N. The number of hydrogen-bond acceptors (Lipinski definition) is 2. The summed E-state index contributed by atoms with van der Waals surface area (Å²) in [7, 11) is 0. The zero-order valence-electron chi connectivity index (χ0n) is 13.3. The molecule has 0 atom stereocenters. The third-order valence-electron chi connectivity index (χ3n) is 3.90. The second-order valence-corrected chi connectivity index (χ2v) is 5.63. The van der Waals surface area contributed by atoms with Crippen molar-refractivity contribution in [1.29, 1.82) is 5.26 Å². The molecule has 0 unspecified atom stereocenters. The van der Waals surface area contributed by atoms with Gasteiger partial charge in [0.2, 0.25) is 0 Å². The van der Waals surface area contributed by atoms with Crippen LogP contribution in [0, 0.1) is 11.3 Å². The van der Waals surface area contributed by atoms with Crippen molar-refractivity contribution in [3.8, 4) is 11.8 Å². The van der Waals surface area contributed by atoms with Gasteiger partial charge in [-0.15, -0.1) is 0 Å². The maximum atomic E-state index is 11.3. The van der Waals surface area contributed by atoms with E-state index >= 15 is 0 Å². The van der Waals surface area contributed by atoms with Gasteiger partial charge in [-0.3, -0.25) is 4.79 Å². The molecule has 0 radical (unpaired) electrons. The van der Waals surface area contributed by atoms with Gasteiger partial charge in [0, 0.05) is 23.6 Å². The second-order valence-electron chi connectivity index (χ2n) is 5.63. The molecule has 0 amide bonds. The van der Waals surface area contributed by atoms with Gasteiger partial charge in [0.1, 0.15) is 6.07 Å². The predicted molar refractivity (Wildman–Crippen MR) is 88.3 cm³/mol. The number of nitrogens with zero attached hydrogens (tertiary/aromatic N) is 2. The van der Waals surface area contributed by atoms with Gasteiger partial charge in [0.15, 0.2) is 5.78 Å². The van der Waals surface area contributed by atoms with Gasteiger partial charge in [-0.05, 0) is 49.6 Å². The van der Waals surface area contributed by atoms with E-state index in [0.717, 1.165) is 29.7 Å². The Kier molecular flexibility index (Phi) is 5.55. The minimum absolute atomic E-state index is 0.0633. The molecule has 1 aromatic heterocycles. The number of nitriles is 1. The smallest absolute Gasteiger partial charge is 0.159 e. The molecule has 0 bridgehead atoms. The molecule has 22 heavy (non-hydrogen) atoms. The van der Waals surface area contributed by atoms with Crippen LogP contribution in [0.25, 0.3) is 5.69 Å². The number of hydrogen-bond donors (Lipinski definition) is 0. The van der Waals surface area contributed by atoms with Crippen molar-refractivity contribution < 1.29 is 4.79 Å². The summed E-state index contributed by atoms with van der Waals surface area (Å²) in [6, 6.07) is 9.76. The Balaban J connectivity index is 2.16. The Labute approximate surface area is 132 Å². The fourth-order valence-electron chi connectivity index (χ4n) is 2.56. The molecule has 0 fully saturated rings. The first-order valence-electron chi connectivity index (χ1n) is 7.88. The molecule has 3 heteroatoms. The Bertz CT molecular complexity index is 674. The van der Waals surface area contributed by atoms with Crippen LogP contribution in [0.1, 0.15) is 61.0 Å². The van der Waals surface area contributed by atoms with Crippen molar-refractivity contribution in [3.05, 3.63) is 53.3 Å². The fraction of sp³-hybridized carbons (Fsp3) is 0.368. The normalized spacial score (nSPS) is 10.4. The molecule has 114 valence electrons. The van der Waals surface area contributed by atoms with Gasteiger partial charge < -0.3 is 4.57 Å². The first kappa shape index (κ1) is 16.0. The number of rotatable bonds is 7. The first-order chi connectivity index (χ1) is 10.7. The number of benzene rings is 1. The average molecular weight is 294 g/mol. The number of Topliss-reactive ketones (excluding diaryl/α,β-unsaturated/α-hetero) is 1. The van der Waals surface area contributed by atoms with Crippen molar-refractivity contribution in [2.75, 3.05) is 0 Å². The molecular weight excluding hydrogens is 272 g/mol. The van der Waals surface area contributed by atoms with E-state index in [1.54, 1.807) is 6.92 Å². The Morgan fingerprint density at radius 1 is 1.14 bits per heavy atom. The molecule has 1 aromatic carbocycles. The van der Waals surface area contributed by atoms with Crippen LogP contribution in [0.2, 0.25) is 0 Å². The maximum absolute atomic E-state index is 11.3. The number of unbranched alkanes of at least 4 members (excludes halogenated alkanes) is 3. The summed E-state index contributed by atoms with van der Waals surface area (Å²) in [5, 5.41) is 9.29. The Morgan fingerprint density at radius 2 is 1.86 bits per heavy atom. The lowest BCUT2D eigenvalue weighted by molar-refractivity contribution is 0.101. The average Bonchev–Trinajstić information content (AvgIpc) is 2.95. The Hall–Kier alpha value is -2.34. The lowest BCUT2D eigenvalue weighted by atomic mass is 10.1. The first-order valence-corrected chi connectivity index (χ1v) is 7.88. The van der Waals surface area contributed by atoms with Gasteiger partial charge in [0.25, 0.3) is 0 Å². The molecule has 2 rings (SSSR count). The summed E-state index contributed by atoms with van der Waals surface area (Å²) in [5.74, 6) is 0.0633. The summed E-state index contributed by atoms with van der Waals surface area (Å²) in [6.45, 7) is 3.76. The van der Waals surface area contributed by atoms with E-state index in [1.807, 2.05) is 41.2 Å². The summed E-state index contributed by atoms with van der Waals surface area (Å²) < 4.78 is 1.97. The molecule has 0 saturated heterocycles. The van der Waals surface area contributed by atoms with Crippen LogP contribution in [-0.4, -0.2) is 10.4 Å². The highest BCUT2D eigenvalue weighted by Gasteiger charge is 2.08. The lowest BCUT2D eigenvalue weighted by Crippen LogP contribution is -1.94. The number of ketones is 1. The lowest BCUT2D eigenvalue weighted by Gasteiger charge is -2.03. The van der Waals surface area contributed by atoms with Crippen molar-refractivity contribution in [3.63, 3.8) is 0 Å². The standard InChI is InChI=1S/C19H22N2O/c1-3-4-5-6-7-17-13-21(14-18(17)12-20)19-10-8-16(9-11-19)15(2)22/h8-11,13-14H,3-7H2,1-2H3. The largest absolute Gasteiger partial charge is 0.322 e. The highest BCUT2D eigenvalue weighted by molar-refractivity contribution is 5.94. The van der Waals surface area contributed by atoms with Gasteiger partial charge >= 0.3 is 0 Å². The maximum Gasteiger partial charge on any atom is 0.159 e. The summed E-state index contributed by atoms with van der Waals surface area (Å²) >= 11 is 0. The van der Waals surface area contributed by atoms with Crippen molar-refractivity contribution >= 4 is 5.78 Å². The molecule has 0 saturated carbocycles. The predicted octanol–water partition coefficient (Wildman–Crippen LogP) is 4.67. The number of carbonyl (C=O) groups is 1. The van der Waals surface area contributed by atoms with Crippen molar-refractivity contribution in [2.45, 2.75) is 46.0 Å². The molecule has 3 nitrogen and oxygen atoms in total. The van der Waals surface area contributed by atoms with Crippen LogP contribution in [0.15, 0.2) is 36.7 Å². The van der Waals surface area contributed by atoms with Crippen molar-refractivity contribution in [2.24, 2.45) is 0 Å². The van der Waals surface area contributed by atoms with E-state index in [2.05, 4.69) is 13.0 Å². The quantitative estimate of drug-likeness (QED) is 0.550.